The molecule has 1 spiro atoms. The first-order chi connectivity index (χ1) is 39.6. The molecule has 0 fully saturated rings. The van der Waals surface area contributed by atoms with Crippen molar-refractivity contribution in [1.82, 2.24) is 0 Å². The lowest BCUT2D eigenvalue weighted by Crippen LogP contribution is -2.35. The van der Waals surface area contributed by atoms with E-state index in [2.05, 4.69) is 294 Å². The third-order valence-corrected chi connectivity index (χ3v) is 19.6. The van der Waals surface area contributed by atoms with Gasteiger partial charge in [0.2, 0.25) is 0 Å². The number of anilines is 6. The average Bonchev–Trinajstić information content (AvgIpc) is 2.63. The first-order valence-electron chi connectivity index (χ1n) is 31.0. The third-order valence-electron chi connectivity index (χ3n) is 19.6. The van der Waals surface area contributed by atoms with Gasteiger partial charge in [0.1, 0.15) is 0 Å². The molecule has 1 unspecified atom stereocenters. The molecule has 0 heterocycles. The summed E-state index contributed by atoms with van der Waals surface area (Å²) in [6.07, 6.45) is 7.11. The van der Waals surface area contributed by atoms with Crippen LogP contribution in [0, 0.1) is 0 Å². The summed E-state index contributed by atoms with van der Waals surface area (Å²) in [5.74, 6) is 0.420. The van der Waals surface area contributed by atoms with Crippen molar-refractivity contribution in [1.29, 1.82) is 0 Å². The first-order valence-corrected chi connectivity index (χ1v) is 31.0. The highest BCUT2D eigenvalue weighted by Crippen LogP contribution is 2.63. The van der Waals surface area contributed by atoms with Crippen molar-refractivity contribution >= 4 is 55.7 Å². The Labute approximate surface area is 496 Å². The molecule has 10 aromatic rings. The normalized spacial score (nSPS) is 15.9. The molecule has 1 atom stereocenters. The molecule has 0 aromatic heterocycles. The van der Waals surface area contributed by atoms with Gasteiger partial charge in [-0.05, 0) is 233 Å². The van der Waals surface area contributed by atoms with Crippen LogP contribution in [0.2, 0.25) is 0 Å². The zero-order valence-corrected chi connectivity index (χ0v) is 51.7. The summed E-state index contributed by atoms with van der Waals surface area (Å²) in [4.78, 5) is 4.83. The van der Waals surface area contributed by atoms with E-state index in [4.69, 9.17) is 0 Å². The Morgan fingerprint density at radius 3 is 1.10 bits per heavy atom. The van der Waals surface area contributed by atoms with Crippen molar-refractivity contribution in [2.24, 2.45) is 0 Å². The maximum Gasteiger partial charge on any atom is 0.0463 e. The molecule has 0 radical (unpaired) electrons. The summed E-state index contributed by atoms with van der Waals surface area (Å²) in [5.41, 5.74) is 27.4. The van der Waals surface area contributed by atoms with Gasteiger partial charge in [0.25, 0.3) is 0 Å². The lowest BCUT2D eigenvalue weighted by Gasteiger charge is -2.43. The van der Waals surface area contributed by atoms with Crippen LogP contribution in [-0.2, 0) is 39.9 Å². The van der Waals surface area contributed by atoms with E-state index in [1.807, 2.05) is 0 Å². The molecule has 0 amide bonds. The summed E-state index contributed by atoms with van der Waals surface area (Å²) < 4.78 is 0. The van der Waals surface area contributed by atoms with Gasteiger partial charge in [-0.15, -0.1) is 0 Å². The maximum absolute atomic E-state index is 2.55. The van der Waals surface area contributed by atoms with Gasteiger partial charge in [-0.25, -0.2) is 0 Å². The highest BCUT2D eigenvalue weighted by Gasteiger charge is 2.50. The predicted octanol–water partition coefficient (Wildman–Crippen LogP) is 22.9. The van der Waals surface area contributed by atoms with E-state index >= 15 is 0 Å². The van der Waals surface area contributed by atoms with Crippen LogP contribution in [0.4, 0.5) is 34.1 Å². The van der Waals surface area contributed by atoms with E-state index < -0.39 is 0 Å². The fourth-order valence-corrected chi connectivity index (χ4v) is 15.5. The molecule has 418 valence electrons. The largest absolute Gasteiger partial charge is 0.311 e. The van der Waals surface area contributed by atoms with Crippen LogP contribution in [0.1, 0.15) is 177 Å². The number of hydrogen-bond donors (Lipinski definition) is 0. The smallest absolute Gasteiger partial charge is 0.0463 e. The van der Waals surface area contributed by atoms with Gasteiger partial charge < -0.3 is 9.80 Å². The maximum atomic E-state index is 2.55. The zero-order valence-electron chi connectivity index (χ0n) is 51.7. The molecule has 0 aliphatic heterocycles. The number of benzene rings is 10. The summed E-state index contributed by atoms with van der Waals surface area (Å²) in [7, 11) is 0. The van der Waals surface area contributed by atoms with Crippen LogP contribution in [0.25, 0.3) is 43.8 Å². The molecule has 2 nitrogen and oxygen atoms in total. The fraction of sp³-hybridized carbons (Fsp3) is 0.309. The van der Waals surface area contributed by atoms with E-state index in [1.165, 1.54) is 103 Å². The quantitative estimate of drug-likeness (QED) is 0.126. The number of fused-ring (bicyclic) bond motifs is 3. The minimum absolute atomic E-state index is 0.0447. The van der Waals surface area contributed by atoms with Crippen molar-refractivity contribution in [3.63, 3.8) is 0 Å². The first kappa shape index (κ1) is 54.6. The SMILES string of the molecule is CC(C)c1c2ccccc2c(C(C)(C)c2ccc3c4c2CCCC42CCCc4c(-c5ccc(N(c6ccc(N(c7ccc(C(C)(C)C)cc7)c7ccc(C(C)(C)C)cc7)cc6)c6ccc(C(C)(C)C)cc6)cc5)ccc-3c42)c2ccccc12. The van der Waals surface area contributed by atoms with Crippen molar-refractivity contribution in [2.45, 2.75) is 162 Å². The second-order valence-electron chi connectivity index (χ2n) is 28.6. The van der Waals surface area contributed by atoms with Crippen LogP contribution in [0.3, 0.4) is 0 Å². The van der Waals surface area contributed by atoms with E-state index in [-0.39, 0.29) is 27.1 Å². The van der Waals surface area contributed by atoms with Crippen molar-refractivity contribution in [3.05, 3.63) is 250 Å². The predicted molar refractivity (Wildman–Crippen MR) is 357 cm³/mol. The highest BCUT2D eigenvalue weighted by atomic mass is 15.2. The summed E-state index contributed by atoms with van der Waals surface area (Å²) in [6, 6.07) is 74.9. The standard InChI is InChI=1S/C81H84N2/c1-52(2)73-64-20-14-16-22-67(64)74(68-23-17-15-21-65(68)73)80(12,13)72-49-48-70-69-47-46-63(66-24-18-50-81(75(66)69)51-19-25-71(72)76(70)81)53-26-34-57(35-27-53)82(58-36-28-54(29-37-58)77(3,4)5)61-42-44-62(45-43-61)83(59-38-30-55(31-39-59)78(6,7)8)60-40-32-56(33-41-60)79(9,10)11/h14-17,20-23,26-49,52H,18-19,24-25,50-51H2,1-13H3. The Bertz CT molecular complexity index is 3980. The number of nitrogens with zero attached hydrogens (tertiary/aromatic N) is 2. The zero-order chi connectivity index (χ0) is 58.0. The average molecular weight is 1090 g/mol. The second kappa shape index (κ2) is 20.0. The van der Waals surface area contributed by atoms with E-state index in [0.29, 0.717) is 5.92 Å². The van der Waals surface area contributed by atoms with Crippen molar-refractivity contribution < 1.29 is 0 Å². The molecule has 0 saturated carbocycles. The van der Waals surface area contributed by atoms with Crippen LogP contribution in [0.15, 0.2) is 194 Å². The van der Waals surface area contributed by atoms with E-state index in [9.17, 15) is 0 Å². The minimum atomic E-state index is -0.223. The van der Waals surface area contributed by atoms with Crippen LogP contribution >= 0.6 is 0 Å². The molecule has 0 bridgehead atoms. The Balaban J connectivity index is 0.876. The van der Waals surface area contributed by atoms with Crippen LogP contribution in [-0.4, -0.2) is 0 Å². The van der Waals surface area contributed by atoms with Crippen molar-refractivity contribution in [3.8, 4) is 22.3 Å². The van der Waals surface area contributed by atoms with Gasteiger partial charge in [0, 0.05) is 45.0 Å². The molecule has 0 saturated heterocycles. The Morgan fingerprint density at radius 2 is 0.699 bits per heavy atom. The Kier molecular flexibility index (Phi) is 13.2. The molecule has 3 aliphatic carbocycles. The molecule has 83 heavy (non-hydrogen) atoms. The van der Waals surface area contributed by atoms with Crippen LogP contribution < -0.4 is 9.80 Å². The van der Waals surface area contributed by atoms with Gasteiger partial charge in [-0.1, -0.05) is 211 Å². The highest BCUT2D eigenvalue weighted by molar-refractivity contribution is 6.07. The molecule has 0 N–H and O–H groups in total. The van der Waals surface area contributed by atoms with Gasteiger partial charge >= 0.3 is 0 Å². The number of hydrogen-bond acceptors (Lipinski definition) is 2. The molecule has 3 aliphatic rings. The van der Waals surface area contributed by atoms with Crippen molar-refractivity contribution in [2.75, 3.05) is 9.80 Å². The van der Waals surface area contributed by atoms with Gasteiger partial charge in [0.05, 0.1) is 0 Å². The van der Waals surface area contributed by atoms with E-state index in [1.54, 1.807) is 22.3 Å². The molecule has 10 aromatic carbocycles. The molecular formula is C81H84N2. The lowest BCUT2D eigenvalue weighted by atomic mass is 9.60. The third kappa shape index (κ3) is 9.13. The summed E-state index contributed by atoms with van der Waals surface area (Å²) in [6.45, 7) is 30.4. The van der Waals surface area contributed by atoms with Gasteiger partial charge in [0.15, 0.2) is 0 Å². The number of rotatable bonds is 10. The van der Waals surface area contributed by atoms with Gasteiger partial charge in [-0.2, -0.15) is 0 Å². The lowest BCUT2D eigenvalue weighted by molar-refractivity contribution is 0.375. The second-order valence-corrected chi connectivity index (χ2v) is 28.6. The summed E-state index contributed by atoms with van der Waals surface area (Å²) >= 11 is 0. The van der Waals surface area contributed by atoms with Gasteiger partial charge in [-0.3, -0.25) is 0 Å². The summed E-state index contributed by atoms with van der Waals surface area (Å²) in [5, 5.41) is 5.59. The molecular weight excluding hydrogens is 1000 g/mol. The molecule has 13 rings (SSSR count). The topological polar surface area (TPSA) is 6.48 Å². The minimum Gasteiger partial charge on any atom is -0.311 e. The monoisotopic (exact) mass is 1080 g/mol. The van der Waals surface area contributed by atoms with E-state index in [0.717, 1.165) is 47.0 Å². The van der Waals surface area contributed by atoms with Crippen LogP contribution in [0.5, 0.6) is 0 Å². The Morgan fingerprint density at radius 1 is 0.361 bits per heavy atom. The Hall–Kier alpha value is -7.68. The molecule has 2 heteroatoms. The fourth-order valence-electron chi connectivity index (χ4n) is 15.5.